The Kier molecular flexibility index (Phi) is 5.15. The number of benzene rings is 2. The zero-order valence-electron chi connectivity index (χ0n) is 16.0. The molecule has 0 spiro atoms. The quantitative estimate of drug-likeness (QED) is 0.628. The Labute approximate surface area is 164 Å². The van der Waals surface area contributed by atoms with Crippen molar-refractivity contribution in [3.8, 4) is 0 Å². The van der Waals surface area contributed by atoms with Crippen molar-refractivity contribution in [2.75, 3.05) is 10.6 Å². The molecule has 2 aromatic carbocycles. The predicted octanol–water partition coefficient (Wildman–Crippen LogP) is 5.38. The first kappa shape index (κ1) is 18.3. The molecule has 0 radical (unpaired) electrons. The maximum atomic E-state index is 12.9. The third-order valence-corrected chi connectivity index (χ3v) is 5.40. The van der Waals surface area contributed by atoms with Crippen molar-refractivity contribution >= 4 is 34.2 Å². The van der Waals surface area contributed by atoms with Crippen molar-refractivity contribution in [3.63, 3.8) is 0 Å². The first-order valence-corrected chi connectivity index (χ1v) is 9.88. The molecule has 144 valence electrons. The summed E-state index contributed by atoms with van der Waals surface area (Å²) in [7, 11) is 0. The van der Waals surface area contributed by atoms with Crippen molar-refractivity contribution < 1.29 is 14.0 Å². The van der Waals surface area contributed by atoms with Crippen LogP contribution in [0.1, 0.15) is 48.7 Å². The molecular formula is C23H24N2O3. The zero-order valence-corrected chi connectivity index (χ0v) is 16.0. The molecule has 28 heavy (non-hydrogen) atoms. The van der Waals surface area contributed by atoms with Crippen LogP contribution in [0.15, 0.2) is 52.9 Å². The summed E-state index contributed by atoms with van der Waals surface area (Å²) in [6.07, 6.45) is 4.88. The van der Waals surface area contributed by atoms with E-state index in [9.17, 15) is 9.59 Å². The number of rotatable bonds is 5. The minimum Gasteiger partial charge on any atom is -0.449 e. The smallest absolute Gasteiger partial charge is 0.293 e. The number of amides is 2. The summed E-state index contributed by atoms with van der Waals surface area (Å²) in [6.45, 7) is 2.08. The molecule has 0 aliphatic heterocycles. The number of aryl methyl sites for hydroxylation is 1. The third-order valence-electron chi connectivity index (χ3n) is 5.40. The summed E-state index contributed by atoms with van der Waals surface area (Å²) in [5.41, 5.74) is 2.92. The Bertz CT molecular complexity index is 998. The lowest BCUT2D eigenvalue weighted by Crippen LogP contribution is -2.22. The van der Waals surface area contributed by atoms with Crippen LogP contribution in [-0.4, -0.2) is 11.8 Å². The lowest BCUT2D eigenvalue weighted by atomic mass is 10.1. The minimum atomic E-state index is -0.373. The molecule has 1 heterocycles. The fourth-order valence-electron chi connectivity index (χ4n) is 3.75. The van der Waals surface area contributed by atoms with Gasteiger partial charge in [0, 0.05) is 17.0 Å². The Morgan fingerprint density at radius 1 is 1.00 bits per heavy atom. The van der Waals surface area contributed by atoms with Crippen LogP contribution in [0.5, 0.6) is 0 Å². The van der Waals surface area contributed by atoms with Gasteiger partial charge in [0.2, 0.25) is 11.7 Å². The van der Waals surface area contributed by atoms with E-state index in [4.69, 9.17) is 4.42 Å². The summed E-state index contributed by atoms with van der Waals surface area (Å²) in [5.74, 6) is -0.272. The topological polar surface area (TPSA) is 71.3 Å². The number of fused-ring (bicyclic) bond motifs is 1. The molecule has 0 saturated heterocycles. The molecule has 5 nitrogen and oxygen atoms in total. The maximum Gasteiger partial charge on any atom is 0.293 e. The van der Waals surface area contributed by atoms with Gasteiger partial charge in [-0.05, 0) is 49.1 Å². The normalized spacial score (nSPS) is 14.3. The maximum absolute atomic E-state index is 12.9. The second-order valence-corrected chi connectivity index (χ2v) is 7.28. The van der Waals surface area contributed by atoms with Crippen LogP contribution >= 0.6 is 0 Å². The van der Waals surface area contributed by atoms with E-state index < -0.39 is 0 Å². The highest BCUT2D eigenvalue weighted by molar-refractivity contribution is 6.14. The number of carbonyl (C=O) groups is 2. The van der Waals surface area contributed by atoms with Crippen LogP contribution in [0, 0.1) is 5.92 Å². The molecule has 2 amide bonds. The van der Waals surface area contributed by atoms with Crippen molar-refractivity contribution in [1.82, 2.24) is 0 Å². The lowest BCUT2D eigenvalue weighted by molar-refractivity contribution is -0.119. The summed E-state index contributed by atoms with van der Waals surface area (Å²) < 4.78 is 5.81. The number of hydrogen-bond acceptors (Lipinski definition) is 3. The Balaban J connectivity index is 1.63. The van der Waals surface area contributed by atoms with Gasteiger partial charge >= 0.3 is 0 Å². The molecule has 0 unspecified atom stereocenters. The van der Waals surface area contributed by atoms with E-state index in [1.165, 1.54) is 5.56 Å². The minimum absolute atomic E-state index is 0.00571. The van der Waals surface area contributed by atoms with E-state index >= 15 is 0 Å². The molecule has 0 bridgehead atoms. The largest absolute Gasteiger partial charge is 0.449 e. The molecule has 2 N–H and O–H groups in total. The summed E-state index contributed by atoms with van der Waals surface area (Å²) in [5, 5.41) is 6.57. The van der Waals surface area contributed by atoms with Crippen LogP contribution in [0.3, 0.4) is 0 Å². The van der Waals surface area contributed by atoms with Gasteiger partial charge in [-0.1, -0.05) is 44.0 Å². The highest BCUT2D eigenvalue weighted by Crippen LogP contribution is 2.33. The molecule has 4 rings (SSSR count). The van der Waals surface area contributed by atoms with E-state index in [0.29, 0.717) is 17.0 Å². The lowest BCUT2D eigenvalue weighted by Gasteiger charge is -2.11. The number of para-hydroxylation sites is 1. The first-order valence-electron chi connectivity index (χ1n) is 9.88. The van der Waals surface area contributed by atoms with Crippen LogP contribution in [-0.2, 0) is 11.2 Å². The van der Waals surface area contributed by atoms with Gasteiger partial charge in [-0.3, -0.25) is 9.59 Å². The molecule has 1 fully saturated rings. The monoisotopic (exact) mass is 376 g/mol. The Morgan fingerprint density at radius 3 is 2.43 bits per heavy atom. The predicted molar refractivity (Wildman–Crippen MR) is 111 cm³/mol. The number of furan rings is 1. The Hall–Kier alpha value is -3.08. The molecule has 0 atom stereocenters. The van der Waals surface area contributed by atoms with Gasteiger partial charge in [0.25, 0.3) is 5.91 Å². The summed E-state index contributed by atoms with van der Waals surface area (Å²) in [6, 6.07) is 15.1. The molecule has 1 aromatic heterocycles. The van der Waals surface area contributed by atoms with Crippen LogP contribution in [0.4, 0.5) is 11.4 Å². The van der Waals surface area contributed by atoms with E-state index in [1.54, 1.807) is 6.07 Å². The average molecular weight is 376 g/mol. The van der Waals surface area contributed by atoms with Crippen molar-refractivity contribution in [2.24, 2.45) is 5.92 Å². The fraction of sp³-hybridized carbons (Fsp3) is 0.304. The molecule has 1 aliphatic rings. The molecule has 5 heteroatoms. The average Bonchev–Trinajstić information content (AvgIpc) is 3.37. The van der Waals surface area contributed by atoms with Crippen LogP contribution < -0.4 is 10.6 Å². The highest BCUT2D eigenvalue weighted by atomic mass is 16.3. The van der Waals surface area contributed by atoms with E-state index in [0.717, 1.165) is 37.5 Å². The highest BCUT2D eigenvalue weighted by Gasteiger charge is 2.27. The van der Waals surface area contributed by atoms with E-state index in [1.807, 2.05) is 42.5 Å². The van der Waals surface area contributed by atoms with Gasteiger partial charge in [0.05, 0.1) is 0 Å². The molecule has 1 saturated carbocycles. The second kappa shape index (κ2) is 7.89. The van der Waals surface area contributed by atoms with Gasteiger partial charge in [-0.2, -0.15) is 0 Å². The van der Waals surface area contributed by atoms with E-state index in [-0.39, 0.29) is 23.5 Å². The Morgan fingerprint density at radius 2 is 1.71 bits per heavy atom. The standard InChI is InChI=1S/C23H24N2O3/c1-2-15-11-13-17(14-12-15)24-23(27)21-20(18-9-5-6-10-19(18)28-21)25-22(26)16-7-3-4-8-16/h5-6,9-14,16H,2-4,7-8H2,1H3,(H,24,27)(H,25,26). The van der Waals surface area contributed by atoms with Gasteiger partial charge in [0.15, 0.2) is 0 Å². The fourth-order valence-corrected chi connectivity index (χ4v) is 3.75. The summed E-state index contributed by atoms with van der Waals surface area (Å²) >= 11 is 0. The van der Waals surface area contributed by atoms with Gasteiger partial charge in [-0.15, -0.1) is 0 Å². The zero-order chi connectivity index (χ0) is 19.5. The molecule has 1 aliphatic carbocycles. The van der Waals surface area contributed by atoms with Gasteiger partial charge < -0.3 is 15.1 Å². The third kappa shape index (κ3) is 3.65. The van der Waals surface area contributed by atoms with Crippen molar-refractivity contribution in [1.29, 1.82) is 0 Å². The van der Waals surface area contributed by atoms with Crippen molar-refractivity contribution in [2.45, 2.75) is 39.0 Å². The van der Waals surface area contributed by atoms with Crippen LogP contribution in [0.2, 0.25) is 0 Å². The first-order chi connectivity index (χ1) is 13.7. The van der Waals surface area contributed by atoms with E-state index in [2.05, 4.69) is 17.6 Å². The SMILES string of the molecule is CCc1ccc(NC(=O)c2oc3ccccc3c2NC(=O)C2CCCC2)cc1. The summed E-state index contributed by atoms with van der Waals surface area (Å²) in [4.78, 5) is 25.6. The second-order valence-electron chi connectivity index (χ2n) is 7.28. The van der Waals surface area contributed by atoms with Crippen molar-refractivity contribution in [3.05, 3.63) is 59.9 Å². The molecule has 3 aromatic rings. The number of anilines is 2. The number of nitrogens with one attached hydrogen (secondary N) is 2. The van der Waals surface area contributed by atoms with Crippen LogP contribution in [0.25, 0.3) is 11.0 Å². The number of hydrogen-bond donors (Lipinski definition) is 2. The number of carbonyl (C=O) groups excluding carboxylic acids is 2. The van der Waals surface area contributed by atoms with Gasteiger partial charge in [-0.25, -0.2) is 0 Å². The van der Waals surface area contributed by atoms with Gasteiger partial charge in [0.1, 0.15) is 11.3 Å². The molecular weight excluding hydrogens is 352 g/mol.